The number of carbonyl (C=O) groups is 2. The van der Waals surface area contributed by atoms with Gasteiger partial charge in [-0.05, 0) is 25.5 Å². The van der Waals surface area contributed by atoms with E-state index in [-0.39, 0.29) is 11.8 Å². The Hall–Kier alpha value is -2.17. The summed E-state index contributed by atoms with van der Waals surface area (Å²) in [6, 6.07) is 7.65. The first kappa shape index (κ1) is 11.0. The van der Waals surface area contributed by atoms with Crippen LogP contribution in [0.25, 0.3) is 11.0 Å². The summed E-state index contributed by atoms with van der Waals surface area (Å²) in [6.07, 6.45) is 2.52. The highest BCUT2D eigenvalue weighted by atomic mass is 16.2. The number of hydrogen-bond donors (Lipinski definition) is 1. The van der Waals surface area contributed by atoms with Crippen LogP contribution >= 0.6 is 0 Å². The third-order valence-corrected chi connectivity index (χ3v) is 3.57. The van der Waals surface area contributed by atoms with Crippen LogP contribution in [0.15, 0.2) is 30.6 Å². The summed E-state index contributed by atoms with van der Waals surface area (Å²) in [5.74, 6) is -0.469. The molecular formula is C13H13N3O2. The Kier molecular flexibility index (Phi) is 2.23. The van der Waals surface area contributed by atoms with Gasteiger partial charge in [0.1, 0.15) is 5.54 Å². The maximum Gasteiger partial charge on any atom is 0.252 e. The molecule has 2 amide bonds. The number of para-hydroxylation sites is 2. The molecule has 92 valence electrons. The van der Waals surface area contributed by atoms with Crippen molar-refractivity contribution in [2.75, 3.05) is 0 Å². The largest absolute Gasteiger partial charge is 0.315 e. The van der Waals surface area contributed by atoms with E-state index in [0.29, 0.717) is 12.8 Å². The first-order valence-corrected chi connectivity index (χ1v) is 5.88. The number of imidazole rings is 1. The fraction of sp³-hybridized carbons (Fsp3) is 0.308. The van der Waals surface area contributed by atoms with Gasteiger partial charge in [0, 0.05) is 6.42 Å². The van der Waals surface area contributed by atoms with Gasteiger partial charge in [0.2, 0.25) is 5.91 Å². The van der Waals surface area contributed by atoms with Gasteiger partial charge in [-0.3, -0.25) is 14.9 Å². The van der Waals surface area contributed by atoms with Crippen molar-refractivity contribution in [2.45, 2.75) is 25.3 Å². The van der Waals surface area contributed by atoms with E-state index in [1.165, 1.54) is 0 Å². The third-order valence-electron chi connectivity index (χ3n) is 3.57. The van der Waals surface area contributed by atoms with Crippen molar-refractivity contribution in [3.05, 3.63) is 30.6 Å². The Bertz CT molecular complexity index is 646. The zero-order valence-electron chi connectivity index (χ0n) is 10.0. The van der Waals surface area contributed by atoms with Gasteiger partial charge in [-0.2, -0.15) is 0 Å². The number of amides is 2. The number of hydrogen-bond acceptors (Lipinski definition) is 3. The average Bonchev–Trinajstić information content (AvgIpc) is 2.79. The van der Waals surface area contributed by atoms with Gasteiger partial charge < -0.3 is 4.57 Å². The van der Waals surface area contributed by atoms with Gasteiger partial charge >= 0.3 is 0 Å². The highest BCUT2D eigenvalue weighted by Crippen LogP contribution is 2.29. The van der Waals surface area contributed by atoms with Crippen LogP contribution in [0, 0.1) is 0 Å². The summed E-state index contributed by atoms with van der Waals surface area (Å²) in [4.78, 5) is 27.6. The molecule has 0 spiro atoms. The minimum atomic E-state index is -0.746. The second-order valence-corrected chi connectivity index (χ2v) is 4.75. The zero-order valence-corrected chi connectivity index (χ0v) is 10.0. The molecule has 2 aromatic rings. The minimum absolute atomic E-state index is 0.207. The van der Waals surface area contributed by atoms with E-state index in [0.717, 1.165) is 11.0 Å². The lowest BCUT2D eigenvalue weighted by Gasteiger charge is -2.33. The summed E-state index contributed by atoms with van der Waals surface area (Å²) in [5, 5.41) is 2.40. The summed E-state index contributed by atoms with van der Waals surface area (Å²) in [6.45, 7) is 1.84. The first-order valence-electron chi connectivity index (χ1n) is 5.88. The predicted octanol–water partition coefficient (Wildman–Crippen LogP) is 1.19. The lowest BCUT2D eigenvalue weighted by Crippen LogP contribution is -2.52. The maximum atomic E-state index is 12.1. The Morgan fingerprint density at radius 1 is 1.33 bits per heavy atom. The quantitative estimate of drug-likeness (QED) is 0.765. The fourth-order valence-corrected chi connectivity index (χ4v) is 2.38. The van der Waals surface area contributed by atoms with Gasteiger partial charge in [-0.15, -0.1) is 0 Å². The number of carbonyl (C=O) groups excluding carboxylic acids is 2. The summed E-state index contributed by atoms with van der Waals surface area (Å²) < 4.78 is 1.85. The summed E-state index contributed by atoms with van der Waals surface area (Å²) >= 11 is 0. The van der Waals surface area contributed by atoms with Crippen LogP contribution in [0.5, 0.6) is 0 Å². The van der Waals surface area contributed by atoms with Gasteiger partial charge in [-0.1, -0.05) is 12.1 Å². The van der Waals surface area contributed by atoms with Crippen molar-refractivity contribution in [3.63, 3.8) is 0 Å². The molecule has 0 bridgehead atoms. The van der Waals surface area contributed by atoms with E-state index >= 15 is 0 Å². The summed E-state index contributed by atoms with van der Waals surface area (Å²) in [7, 11) is 0. The van der Waals surface area contributed by atoms with E-state index in [4.69, 9.17) is 0 Å². The van der Waals surface area contributed by atoms with Crippen molar-refractivity contribution in [2.24, 2.45) is 0 Å². The van der Waals surface area contributed by atoms with Crippen molar-refractivity contribution in [1.82, 2.24) is 14.9 Å². The maximum absolute atomic E-state index is 12.1. The number of fused-ring (bicyclic) bond motifs is 1. The highest BCUT2D eigenvalue weighted by Gasteiger charge is 2.40. The van der Waals surface area contributed by atoms with E-state index < -0.39 is 5.54 Å². The van der Waals surface area contributed by atoms with Crippen LogP contribution < -0.4 is 5.32 Å². The van der Waals surface area contributed by atoms with Crippen LogP contribution in [0.2, 0.25) is 0 Å². The van der Waals surface area contributed by atoms with Crippen LogP contribution in [-0.2, 0) is 15.1 Å². The van der Waals surface area contributed by atoms with Gasteiger partial charge in [0.15, 0.2) is 0 Å². The molecule has 1 N–H and O–H groups in total. The molecule has 0 saturated carbocycles. The van der Waals surface area contributed by atoms with Crippen LogP contribution in [0.4, 0.5) is 0 Å². The fourth-order valence-electron chi connectivity index (χ4n) is 2.38. The normalized spacial score (nSPS) is 24.3. The van der Waals surface area contributed by atoms with E-state index in [1.54, 1.807) is 6.33 Å². The molecule has 2 heterocycles. The number of nitrogens with zero attached hydrogens (tertiary/aromatic N) is 2. The molecule has 1 aromatic heterocycles. The molecule has 0 radical (unpaired) electrons. The molecule has 5 heteroatoms. The number of benzene rings is 1. The second kappa shape index (κ2) is 3.66. The lowest BCUT2D eigenvalue weighted by atomic mass is 9.90. The molecule has 1 saturated heterocycles. The lowest BCUT2D eigenvalue weighted by molar-refractivity contribution is -0.139. The van der Waals surface area contributed by atoms with Gasteiger partial charge in [0.25, 0.3) is 5.91 Å². The molecular weight excluding hydrogens is 230 g/mol. The molecule has 3 rings (SSSR count). The van der Waals surface area contributed by atoms with E-state index in [9.17, 15) is 9.59 Å². The first-order chi connectivity index (χ1) is 8.61. The van der Waals surface area contributed by atoms with Crippen molar-refractivity contribution >= 4 is 22.8 Å². The van der Waals surface area contributed by atoms with Crippen molar-refractivity contribution in [3.8, 4) is 0 Å². The molecule has 1 fully saturated rings. The molecule has 18 heavy (non-hydrogen) atoms. The van der Waals surface area contributed by atoms with Crippen molar-refractivity contribution < 1.29 is 9.59 Å². The van der Waals surface area contributed by atoms with Crippen molar-refractivity contribution in [1.29, 1.82) is 0 Å². The van der Waals surface area contributed by atoms with Gasteiger partial charge in [0.05, 0.1) is 17.4 Å². The Morgan fingerprint density at radius 2 is 2.11 bits per heavy atom. The number of nitrogens with one attached hydrogen (secondary N) is 1. The number of piperidine rings is 1. The molecule has 1 aromatic carbocycles. The van der Waals surface area contributed by atoms with Crippen LogP contribution in [-0.4, -0.2) is 21.4 Å². The number of rotatable bonds is 1. The minimum Gasteiger partial charge on any atom is -0.315 e. The standard InChI is InChI=1S/C13H13N3O2/c1-13(7-6-11(17)15-12(13)18)16-8-14-9-4-2-3-5-10(9)16/h2-5,8H,6-7H2,1H3,(H,15,17,18). The molecule has 1 atom stereocenters. The molecule has 1 aliphatic heterocycles. The topological polar surface area (TPSA) is 64.0 Å². The van der Waals surface area contributed by atoms with E-state index in [2.05, 4.69) is 10.3 Å². The van der Waals surface area contributed by atoms with Gasteiger partial charge in [-0.25, -0.2) is 4.98 Å². The van der Waals surface area contributed by atoms with Crippen LogP contribution in [0.1, 0.15) is 19.8 Å². The summed E-state index contributed by atoms with van der Waals surface area (Å²) in [5.41, 5.74) is 1.01. The molecule has 5 nitrogen and oxygen atoms in total. The smallest absolute Gasteiger partial charge is 0.252 e. The Balaban J connectivity index is 2.13. The predicted molar refractivity (Wildman–Crippen MR) is 65.8 cm³/mol. The highest BCUT2D eigenvalue weighted by molar-refractivity contribution is 6.02. The number of imide groups is 1. The third kappa shape index (κ3) is 1.44. The molecule has 1 unspecified atom stereocenters. The van der Waals surface area contributed by atoms with E-state index in [1.807, 2.05) is 35.8 Å². The second-order valence-electron chi connectivity index (χ2n) is 4.75. The Labute approximate surface area is 104 Å². The number of aromatic nitrogens is 2. The Morgan fingerprint density at radius 3 is 2.89 bits per heavy atom. The van der Waals surface area contributed by atoms with Crippen LogP contribution in [0.3, 0.4) is 0 Å². The average molecular weight is 243 g/mol. The monoisotopic (exact) mass is 243 g/mol. The molecule has 0 aliphatic carbocycles. The zero-order chi connectivity index (χ0) is 12.8. The SMILES string of the molecule is CC1(n2cnc3ccccc32)CCC(=O)NC1=O. The molecule has 1 aliphatic rings.